The molecule has 0 aliphatic heterocycles. The van der Waals surface area contributed by atoms with E-state index in [-0.39, 0.29) is 16.3 Å². The minimum absolute atomic E-state index is 0.0334. The molecular formula is C8H6Cl2FNO. The number of halogens is 3. The quantitative estimate of drug-likeness (QED) is 0.441. The second-order valence-electron chi connectivity index (χ2n) is 2.42. The van der Waals surface area contributed by atoms with Gasteiger partial charge in [-0.3, -0.25) is 0 Å². The van der Waals surface area contributed by atoms with E-state index in [1.54, 1.807) is 0 Å². The van der Waals surface area contributed by atoms with Crippen molar-refractivity contribution in [1.29, 1.82) is 0 Å². The van der Waals surface area contributed by atoms with Crippen LogP contribution in [0.25, 0.3) is 0 Å². The van der Waals surface area contributed by atoms with Crippen LogP contribution in [0.4, 0.5) is 4.39 Å². The fourth-order valence-electron chi connectivity index (χ4n) is 0.875. The van der Waals surface area contributed by atoms with Gasteiger partial charge in [-0.05, 0) is 19.1 Å². The van der Waals surface area contributed by atoms with Crippen LogP contribution >= 0.6 is 23.2 Å². The molecule has 5 heteroatoms. The summed E-state index contributed by atoms with van der Waals surface area (Å²) >= 11 is 11.1. The molecule has 1 aromatic rings. The van der Waals surface area contributed by atoms with E-state index in [0.717, 1.165) is 0 Å². The maximum Gasteiger partial charge on any atom is 0.178 e. The van der Waals surface area contributed by atoms with E-state index in [0.29, 0.717) is 5.02 Å². The summed E-state index contributed by atoms with van der Waals surface area (Å²) in [7, 11) is 0. The highest BCUT2D eigenvalue weighted by Crippen LogP contribution is 2.22. The Morgan fingerprint density at radius 3 is 2.69 bits per heavy atom. The third-order valence-electron chi connectivity index (χ3n) is 1.63. The van der Waals surface area contributed by atoms with Gasteiger partial charge in [0.1, 0.15) is 5.82 Å². The zero-order chi connectivity index (χ0) is 10.0. The molecule has 0 saturated heterocycles. The first-order valence-electron chi connectivity index (χ1n) is 3.40. The first kappa shape index (κ1) is 10.3. The van der Waals surface area contributed by atoms with Crippen molar-refractivity contribution < 1.29 is 9.60 Å². The second-order valence-corrected chi connectivity index (χ2v) is 3.19. The summed E-state index contributed by atoms with van der Waals surface area (Å²) in [4.78, 5) is 0. The van der Waals surface area contributed by atoms with Crippen molar-refractivity contribution in [2.45, 2.75) is 6.92 Å². The van der Waals surface area contributed by atoms with Crippen LogP contribution in [-0.2, 0) is 0 Å². The Hall–Kier alpha value is -0.800. The molecule has 1 rings (SSSR count). The van der Waals surface area contributed by atoms with E-state index in [1.165, 1.54) is 19.1 Å². The summed E-state index contributed by atoms with van der Waals surface area (Å²) in [6.45, 7) is 1.52. The molecule has 0 aliphatic rings. The van der Waals surface area contributed by atoms with E-state index < -0.39 is 5.82 Å². The fourth-order valence-corrected chi connectivity index (χ4v) is 1.17. The topological polar surface area (TPSA) is 32.6 Å². The predicted octanol–water partition coefficient (Wildman–Crippen LogP) is 3.16. The summed E-state index contributed by atoms with van der Waals surface area (Å²) in [6.07, 6.45) is 0. The number of hydrogen-bond donors (Lipinski definition) is 1. The van der Waals surface area contributed by atoms with Gasteiger partial charge in [0, 0.05) is 10.6 Å². The molecule has 0 amide bonds. The van der Waals surface area contributed by atoms with Gasteiger partial charge >= 0.3 is 0 Å². The van der Waals surface area contributed by atoms with Crippen molar-refractivity contribution in [2.75, 3.05) is 0 Å². The molecule has 0 aliphatic carbocycles. The van der Waals surface area contributed by atoms with Gasteiger partial charge < -0.3 is 5.21 Å². The summed E-state index contributed by atoms with van der Waals surface area (Å²) in [5, 5.41) is 11.0. The predicted molar refractivity (Wildman–Crippen MR) is 50.3 cm³/mol. The third-order valence-corrected chi connectivity index (χ3v) is 2.32. The molecule has 0 fully saturated rings. The maximum atomic E-state index is 13.3. The summed E-state index contributed by atoms with van der Waals surface area (Å²) in [5.41, 5.74) is 0.312. The molecule has 2 nitrogen and oxygen atoms in total. The van der Waals surface area contributed by atoms with E-state index >= 15 is 0 Å². The van der Waals surface area contributed by atoms with Crippen LogP contribution < -0.4 is 0 Å². The largest absolute Gasteiger partial charge is 0.410 e. The van der Waals surface area contributed by atoms with Crippen molar-refractivity contribution in [3.8, 4) is 0 Å². The van der Waals surface area contributed by atoms with Gasteiger partial charge in [0.2, 0.25) is 0 Å². The molecule has 0 radical (unpaired) electrons. The lowest BCUT2D eigenvalue weighted by molar-refractivity contribution is 0.320. The lowest BCUT2D eigenvalue weighted by atomic mass is 10.1. The number of benzene rings is 1. The van der Waals surface area contributed by atoms with Crippen LogP contribution in [0.1, 0.15) is 11.1 Å². The van der Waals surface area contributed by atoms with Gasteiger partial charge in [0.25, 0.3) is 0 Å². The van der Waals surface area contributed by atoms with Gasteiger partial charge in [-0.2, -0.15) is 0 Å². The Kier molecular flexibility index (Phi) is 3.12. The molecule has 0 atom stereocenters. The van der Waals surface area contributed by atoms with Crippen LogP contribution in [0.5, 0.6) is 0 Å². The van der Waals surface area contributed by atoms with E-state index in [2.05, 4.69) is 5.16 Å². The lowest BCUT2D eigenvalue weighted by Gasteiger charge is -2.03. The monoisotopic (exact) mass is 221 g/mol. The molecule has 0 spiro atoms. The van der Waals surface area contributed by atoms with Crippen molar-refractivity contribution >= 4 is 28.4 Å². The zero-order valence-electron chi connectivity index (χ0n) is 6.68. The number of nitrogens with zero attached hydrogens (tertiary/aromatic N) is 1. The maximum absolute atomic E-state index is 13.3. The molecule has 1 aromatic carbocycles. The third kappa shape index (κ3) is 1.92. The number of oxime groups is 1. The minimum atomic E-state index is -0.574. The van der Waals surface area contributed by atoms with E-state index in [1.807, 2.05) is 0 Å². The van der Waals surface area contributed by atoms with Gasteiger partial charge in [-0.1, -0.05) is 28.4 Å². The number of hydrogen-bond acceptors (Lipinski definition) is 2. The van der Waals surface area contributed by atoms with Gasteiger partial charge in [-0.15, -0.1) is 0 Å². The first-order chi connectivity index (χ1) is 6.07. The Morgan fingerprint density at radius 1 is 1.54 bits per heavy atom. The molecule has 70 valence electrons. The van der Waals surface area contributed by atoms with E-state index in [4.69, 9.17) is 28.4 Å². The van der Waals surface area contributed by atoms with E-state index in [9.17, 15) is 4.39 Å². The van der Waals surface area contributed by atoms with Gasteiger partial charge in [0.05, 0.1) is 5.56 Å². The van der Waals surface area contributed by atoms with Crippen LogP contribution in [-0.4, -0.2) is 10.4 Å². The highest BCUT2D eigenvalue weighted by atomic mass is 35.5. The van der Waals surface area contributed by atoms with Crippen LogP contribution in [0.15, 0.2) is 17.3 Å². The summed E-state index contributed by atoms with van der Waals surface area (Å²) in [6, 6.07) is 2.84. The Morgan fingerprint density at radius 2 is 2.15 bits per heavy atom. The first-order valence-corrected chi connectivity index (χ1v) is 4.16. The molecule has 13 heavy (non-hydrogen) atoms. The Balaban J connectivity index is 3.34. The molecule has 0 heterocycles. The van der Waals surface area contributed by atoms with Gasteiger partial charge in [0.15, 0.2) is 5.17 Å². The highest BCUT2D eigenvalue weighted by Gasteiger charge is 2.12. The molecular weight excluding hydrogens is 216 g/mol. The highest BCUT2D eigenvalue weighted by molar-refractivity contribution is 6.69. The zero-order valence-corrected chi connectivity index (χ0v) is 8.19. The number of rotatable bonds is 1. The fraction of sp³-hybridized carbons (Fsp3) is 0.125. The van der Waals surface area contributed by atoms with Crippen LogP contribution in [0, 0.1) is 12.7 Å². The molecule has 0 aromatic heterocycles. The standard InChI is InChI=1S/C8H6Cl2FNO/c1-4-6(9)3-2-5(7(4)11)8(10)12-13/h2-3,13H,1H3/b12-8-. The Bertz CT molecular complexity index is 365. The lowest BCUT2D eigenvalue weighted by Crippen LogP contribution is -1.98. The molecule has 0 bridgehead atoms. The van der Waals surface area contributed by atoms with Crippen LogP contribution in [0.3, 0.4) is 0 Å². The summed E-state index contributed by atoms with van der Waals surface area (Å²) in [5.74, 6) is -0.574. The van der Waals surface area contributed by atoms with Crippen molar-refractivity contribution in [3.05, 3.63) is 34.1 Å². The normalized spacial score (nSPS) is 11.8. The SMILES string of the molecule is Cc1c(Cl)ccc(/C(Cl)=N/O)c1F. The van der Waals surface area contributed by atoms with Crippen molar-refractivity contribution in [2.24, 2.45) is 5.16 Å². The average molecular weight is 222 g/mol. The van der Waals surface area contributed by atoms with Crippen LogP contribution in [0.2, 0.25) is 5.02 Å². The molecule has 0 unspecified atom stereocenters. The summed E-state index contributed by atoms with van der Waals surface area (Å²) < 4.78 is 13.3. The minimum Gasteiger partial charge on any atom is -0.410 e. The Labute approximate surface area is 84.6 Å². The van der Waals surface area contributed by atoms with Crippen molar-refractivity contribution in [1.82, 2.24) is 0 Å². The smallest absolute Gasteiger partial charge is 0.178 e. The average Bonchev–Trinajstić information content (AvgIpc) is 2.13. The molecule has 1 N–H and O–H groups in total. The van der Waals surface area contributed by atoms with Crippen molar-refractivity contribution in [3.63, 3.8) is 0 Å². The second kappa shape index (κ2) is 3.94. The molecule has 0 saturated carbocycles. The van der Waals surface area contributed by atoms with Gasteiger partial charge in [-0.25, -0.2) is 4.39 Å².